The smallest absolute Gasteiger partial charge is 0.416 e. The van der Waals surface area contributed by atoms with Crippen molar-refractivity contribution in [1.82, 2.24) is 24.1 Å². The van der Waals surface area contributed by atoms with E-state index in [0.717, 1.165) is 67.9 Å². The quantitative estimate of drug-likeness (QED) is 0.236. The Hall–Kier alpha value is -4.20. The van der Waals surface area contributed by atoms with E-state index in [-0.39, 0.29) is 16.2 Å². The van der Waals surface area contributed by atoms with Gasteiger partial charge < -0.3 is 15.2 Å². The molecule has 0 aliphatic carbocycles. The molecule has 224 valence electrons. The number of ether oxygens (including phenoxy) is 2. The summed E-state index contributed by atoms with van der Waals surface area (Å²) in [6.07, 6.45) is 1.86. The normalized spacial score (nSPS) is 15.2. The highest BCUT2D eigenvalue weighted by atomic mass is 32.1. The van der Waals surface area contributed by atoms with Crippen LogP contribution in [0.2, 0.25) is 0 Å². The summed E-state index contributed by atoms with van der Waals surface area (Å²) in [6, 6.07) is 10.7. The van der Waals surface area contributed by atoms with Gasteiger partial charge in [-0.1, -0.05) is 18.2 Å². The second-order valence-electron chi connectivity index (χ2n) is 10.2. The predicted molar refractivity (Wildman–Crippen MR) is 156 cm³/mol. The lowest BCUT2D eigenvalue weighted by Gasteiger charge is -2.26. The number of amides is 1. The van der Waals surface area contributed by atoms with Crippen LogP contribution in [0, 0.1) is 0 Å². The average Bonchev–Trinajstić information content (AvgIpc) is 3.74. The fourth-order valence-corrected chi connectivity index (χ4v) is 6.12. The van der Waals surface area contributed by atoms with Gasteiger partial charge in [0.15, 0.2) is 0 Å². The Balaban J connectivity index is 1.23. The van der Waals surface area contributed by atoms with E-state index in [1.165, 1.54) is 25.1 Å². The van der Waals surface area contributed by atoms with Crippen LogP contribution in [0.3, 0.4) is 0 Å². The molecule has 0 spiro atoms. The number of pyridine rings is 1. The molecule has 0 saturated carbocycles. The topological polar surface area (TPSA) is 99.9 Å². The molecule has 1 amide bonds. The number of imidazole rings is 1. The van der Waals surface area contributed by atoms with Crippen LogP contribution in [-0.4, -0.2) is 62.8 Å². The lowest BCUT2D eigenvalue weighted by atomic mass is 10.0. The van der Waals surface area contributed by atoms with Crippen LogP contribution < -0.4 is 10.5 Å². The van der Waals surface area contributed by atoms with E-state index in [9.17, 15) is 18.0 Å². The molecular formula is C30H29F3N6O3S. The minimum atomic E-state index is -4.54. The van der Waals surface area contributed by atoms with Gasteiger partial charge in [-0.3, -0.25) is 18.8 Å². The Kier molecular flexibility index (Phi) is 7.95. The summed E-state index contributed by atoms with van der Waals surface area (Å²) in [4.78, 5) is 20.0. The molecular weight excluding hydrogens is 581 g/mol. The second kappa shape index (κ2) is 11.8. The van der Waals surface area contributed by atoms with E-state index in [1.54, 1.807) is 12.3 Å². The van der Waals surface area contributed by atoms with Crippen molar-refractivity contribution in [3.63, 3.8) is 0 Å². The number of nitrogens with zero attached hydrogens (tertiary/aromatic N) is 5. The SMILES string of the molecule is CC(Oc1cc(-c2cnc3cc(-c4cnn(CCN5CCOCC5)c4)ccn23)sc1C(N)=O)c1ccccc1C(F)(F)F. The highest BCUT2D eigenvalue weighted by molar-refractivity contribution is 7.17. The van der Waals surface area contributed by atoms with Gasteiger partial charge in [0.2, 0.25) is 0 Å². The number of alkyl halides is 3. The summed E-state index contributed by atoms with van der Waals surface area (Å²) < 4.78 is 55.9. The van der Waals surface area contributed by atoms with Crippen LogP contribution in [0.5, 0.6) is 5.75 Å². The maximum atomic E-state index is 13.6. The van der Waals surface area contributed by atoms with Crippen molar-refractivity contribution in [3.05, 3.63) is 83.3 Å². The molecule has 0 bridgehead atoms. The van der Waals surface area contributed by atoms with Gasteiger partial charge in [-0.2, -0.15) is 18.3 Å². The zero-order valence-electron chi connectivity index (χ0n) is 23.3. The monoisotopic (exact) mass is 610 g/mol. The summed E-state index contributed by atoms with van der Waals surface area (Å²) >= 11 is 1.10. The molecule has 43 heavy (non-hydrogen) atoms. The van der Waals surface area contributed by atoms with Crippen molar-refractivity contribution in [1.29, 1.82) is 0 Å². The largest absolute Gasteiger partial charge is 0.484 e. The zero-order valence-corrected chi connectivity index (χ0v) is 24.1. The molecule has 13 heteroatoms. The maximum Gasteiger partial charge on any atom is 0.416 e. The molecule has 1 atom stereocenters. The van der Waals surface area contributed by atoms with E-state index in [2.05, 4.69) is 15.0 Å². The van der Waals surface area contributed by atoms with Gasteiger partial charge in [0, 0.05) is 49.2 Å². The first kappa shape index (κ1) is 28.9. The first-order valence-electron chi connectivity index (χ1n) is 13.7. The van der Waals surface area contributed by atoms with E-state index in [4.69, 9.17) is 15.2 Å². The minimum absolute atomic E-state index is 0.0371. The minimum Gasteiger partial charge on any atom is -0.484 e. The highest BCUT2D eigenvalue weighted by Crippen LogP contribution is 2.40. The number of carbonyl (C=O) groups is 1. The van der Waals surface area contributed by atoms with Crippen LogP contribution in [0.1, 0.15) is 33.8 Å². The van der Waals surface area contributed by atoms with Crippen LogP contribution in [0.25, 0.3) is 27.3 Å². The van der Waals surface area contributed by atoms with Gasteiger partial charge in [0.1, 0.15) is 22.4 Å². The molecule has 1 aliphatic rings. The van der Waals surface area contributed by atoms with Gasteiger partial charge in [-0.05, 0) is 30.7 Å². The number of thiophene rings is 1. The first-order valence-corrected chi connectivity index (χ1v) is 14.6. The number of carbonyl (C=O) groups excluding carboxylic acids is 1. The Labute approximate surface area is 249 Å². The summed E-state index contributed by atoms with van der Waals surface area (Å²) in [6.45, 7) is 6.56. The molecule has 4 aromatic heterocycles. The number of aromatic nitrogens is 4. The fraction of sp³-hybridized carbons (Fsp3) is 0.300. The predicted octanol–water partition coefficient (Wildman–Crippen LogP) is 5.52. The number of primary amides is 1. The van der Waals surface area contributed by atoms with Crippen molar-refractivity contribution in [2.75, 3.05) is 32.8 Å². The van der Waals surface area contributed by atoms with Gasteiger partial charge >= 0.3 is 6.18 Å². The fourth-order valence-electron chi connectivity index (χ4n) is 5.17. The Morgan fingerprint density at radius 3 is 2.67 bits per heavy atom. The number of hydrogen-bond acceptors (Lipinski definition) is 7. The van der Waals surface area contributed by atoms with Crippen molar-refractivity contribution >= 4 is 22.9 Å². The third kappa shape index (κ3) is 6.14. The molecule has 5 heterocycles. The highest BCUT2D eigenvalue weighted by Gasteiger charge is 2.35. The molecule has 9 nitrogen and oxygen atoms in total. The number of morpholine rings is 1. The molecule has 5 aromatic rings. The lowest BCUT2D eigenvalue weighted by molar-refractivity contribution is -0.139. The van der Waals surface area contributed by atoms with Crippen molar-refractivity contribution in [2.45, 2.75) is 25.7 Å². The molecule has 2 N–H and O–H groups in total. The third-order valence-corrected chi connectivity index (χ3v) is 8.56. The van der Waals surface area contributed by atoms with E-state index in [1.807, 2.05) is 39.8 Å². The molecule has 1 unspecified atom stereocenters. The second-order valence-corrected chi connectivity index (χ2v) is 11.3. The lowest BCUT2D eigenvalue weighted by Crippen LogP contribution is -2.38. The van der Waals surface area contributed by atoms with Gasteiger partial charge in [-0.15, -0.1) is 11.3 Å². The molecule has 1 aliphatic heterocycles. The molecule has 6 rings (SSSR count). The Morgan fingerprint density at radius 1 is 1.12 bits per heavy atom. The Morgan fingerprint density at radius 2 is 1.91 bits per heavy atom. The van der Waals surface area contributed by atoms with Crippen molar-refractivity contribution in [2.24, 2.45) is 5.73 Å². The number of benzene rings is 1. The van der Waals surface area contributed by atoms with Crippen molar-refractivity contribution < 1.29 is 27.4 Å². The average molecular weight is 611 g/mol. The third-order valence-electron chi connectivity index (χ3n) is 7.41. The van der Waals surface area contributed by atoms with E-state index >= 15 is 0 Å². The van der Waals surface area contributed by atoms with Gasteiger partial charge in [0.05, 0.1) is 48.3 Å². The molecule has 0 radical (unpaired) electrons. The van der Waals surface area contributed by atoms with Crippen LogP contribution >= 0.6 is 11.3 Å². The standard InChI is InChI=1S/C30H29F3N6O3S/c1-19(22-4-2-3-5-23(22)30(31,32)33)42-25-15-26(43-28(25)29(34)40)24-17-35-27-14-20(6-7-39(24)27)21-16-36-38(18-21)9-8-37-10-12-41-13-11-37/h2-7,14-19H,8-13H2,1H3,(H2,34,40). The number of fused-ring (bicyclic) bond motifs is 1. The van der Waals surface area contributed by atoms with Crippen molar-refractivity contribution in [3.8, 4) is 27.4 Å². The number of hydrogen-bond donors (Lipinski definition) is 1. The summed E-state index contributed by atoms with van der Waals surface area (Å²) in [7, 11) is 0. The molecule has 1 saturated heterocycles. The molecule has 1 aromatic carbocycles. The summed E-state index contributed by atoms with van der Waals surface area (Å²) in [5.74, 6) is -0.614. The Bertz CT molecular complexity index is 1760. The number of halogens is 3. The van der Waals surface area contributed by atoms with Crippen LogP contribution in [-0.2, 0) is 17.5 Å². The number of rotatable bonds is 9. The summed E-state index contributed by atoms with van der Waals surface area (Å²) in [5.41, 5.74) is 8.08. The first-order chi connectivity index (χ1) is 20.7. The van der Waals surface area contributed by atoms with Crippen LogP contribution in [0.15, 0.2) is 67.3 Å². The van der Waals surface area contributed by atoms with E-state index in [0.29, 0.717) is 16.2 Å². The van der Waals surface area contributed by atoms with Gasteiger partial charge in [0.25, 0.3) is 5.91 Å². The maximum absolute atomic E-state index is 13.6. The zero-order chi connectivity index (χ0) is 30.1. The van der Waals surface area contributed by atoms with Crippen LogP contribution in [0.4, 0.5) is 13.2 Å². The number of nitrogens with two attached hydrogens (primary N) is 1. The van der Waals surface area contributed by atoms with E-state index < -0.39 is 23.8 Å². The molecule has 1 fully saturated rings. The van der Waals surface area contributed by atoms with Gasteiger partial charge in [-0.25, -0.2) is 4.98 Å². The summed E-state index contributed by atoms with van der Waals surface area (Å²) in [5, 5.41) is 4.52.